The van der Waals surface area contributed by atoms with Crippen LogP contribution in [0.4, 0.5) is 5.69 Å². The Balaban J connectivity index is 1.43. The van der Waals surface area contributed by atoms with Gasteiger partial charge >= 0.3 is 0 Å². The first-order valence-corrected chi connectivity index (χ1v) is 12.4. The van der Waals surface area contributed by atoms with E-state index in [0.717, 1.165) is 90.8 Å². The average Bonchev–Trinajstić information content (AvgIpc) is 2.85. The van der Waals surface area contributed by atoms with Gasteiger partial charge in [0.25, 0.3) is 0 Å². The van der Waals surface area contributed by atoms with Crippen molar-refractivity contribution in [3.8, 4) is 0 Å². The molecule has 32 heavy (non-hydrogen) atoms. The largest absolute Gasteiger partial charge is 0.385 e. The number of rotatable bonds is 10. The van der Waals surface area contributed by atoms with Crippen molar-refractivity contribution >= 4 is 11.6 Å². The number of nitrogens with zero attached hydrogens (tertiary/aromatic N) is 4. The highest BCUT2D eigenvalue weighted by atomic mass is 16.5. The summed E-state index contributed by atoms with van der Waals surface area (Å²) >= 11 is 0. The third kappa shape index (κ3) is 7.64. The van der Waals surface area contributed by atoms with E-state index in [9.17, 15) is 0 Å². The molecule has 2 saturated heterocycles. The molecule has 1 aromatic rings. The van der Waals surface area contributed by atoms with Crippen molar-refractivity contribution < 1.29 is 9.47 Å². The van der Waals surface area contributed by atoms with Crippen LogP contribution in [-0.4, -0.2) is 101 Å². The first-order chi connectivity index (χ1) is 15.7. The summed E-state index contributed by atoms with van der Waals surface area (Å²) in [6.07, 6.45) is 3.46. The van der Waals surface area contributed by atoms with Gasteiger partial charge in [-0.2, -0.15) is 0 Å². The molecule has 2 fully saturated rings. The molecule has 180 valence electrons. The predicted octanol–water partition coefficient (Wildman–Crippen LogP) is 2.68. The van der Waals surface area contributed by atoms with Crippen molar-refractivity contribution in [1.82, 2.24) is 15.1 Å². The van der Waals surface area contributed by atoms with E-state index in [0.29, 0.717) is 12.1 Å². The van der Waals surface area contributed by atoms with Crippen LogP contribution in [0.15, 0.2) is 35.3 Å². The van der Waals surface area contributed by atoms with Gasteiger partial charge in [-0.3, -0.25) is 9.89 Å². The summed E-state index contributed by atoms with van der Waals surface area (Å²) in [6, 6.07) is 11.2. The van der Waals surface area contributed by atoms with Gasteiger partial charge < -0.3 is 24.6 Å². The Morgan fingerprint density at radius 1 is 1.06 bits per heavy atom. The van der Waals surface area contributed by atoms with Gasteiger partial charge in [0, 0.05) is 77.9 Å². The van der Waals surface area contributed by atoms with Crippen LogP contribution >= 0.6 is 0 Å². The summed E-state index contributed by atoms with van der Waals surface area (Å²) in [5, 5.41) is 3.51. The molecule has 0 spiro atoms. The van der Waals surface area contributed by atoms with Crippen LogP contribution in [0.25, 0.3) is 0 Å². The summed E-state index contributed by atoms with van der Waals surface area (Å²) < 4.78 is 11.1. The molecule has 1 unspecified atom stereocenters. The number of benzene rings is 1. The lowest BCUT2D eigenvalue weighted by atomic mass is 10.1. The van der Waals surface area contributed by atoms with Crippen molar-refractivity contribution in [2.24, 2.45) is 4.99 Å². The molecule has 0 aromatic heterocycles. The number of likely N-dealkylation sites (tertiary alicyclic amines) is 1. The van der Waals surface area contributed by atoms with Gasteiger partial charge in [-0.1, -0.05) is 18.2 Å². The second-order valence-electron chi connectivity index (χ2n) is 8.81. The van der Waals surface area contributed by atoms with Gasteiger partial charge in [0.05, 0.1) is 12.6 Å². The van der Waals surface area contributed by atoms with Crippen molar-refractivity contribution in [3.63, 3.8) is 0 Å². The van der Waals surface area contributed by atoms with Gasteiger partial charge in [0.1, 0.15) is 0 Å². The quantitative estimate of drug-likeness (QED) is 0.340. The zero-order chi connectivity index (χ0) is 22.6. The average molecular weight is 446 g/mol. The normalized spacial score (nSPS) is 19.9. The minimum Gasteiger partial charge on any atom is -0.385 e. The number of anilines is 1. The molecule has 7 nitrogen and oxygen atoms in total. The fraction of sp³-hybridized carbons (Fsp3) is 0.720. The molecule has 1 N–H and O–H groups in total. The summed E-state index contributed by atoms with van der Waals surface area (Å²) in [6.45, 7) is 14.1. The molecule has 7 heteroatoms. The molecular formula is C25H43N5O2. The van der Waals surface area contributed by atoms with Crippen LogP contribution in [0.5, 0.6) is 0 Å². The van der Waals surface area contributed by atoms with Crippen molar-refractivity contribution in [1.29, 1.82) is 0 Å². The Hall–Kier alpha value is -1.83. The molecule has 1 aromatic carbocycles. The first kappa shape index (κ1) is 24.8. The molecule has 0 aliphatic carbocycles. The topological polar surface area (TPSA) is 52.6 Å². The zero-order valence-electron chi connectivity index (χ0n) is 20.3. The highest BCUT2D eigenvalue weighted by Gasteiger charge is 2.24. The molecule has 0 saturated carbocycles. The number of hydrogen-bond acceptors (Lipinski definition) is 5. The fourth-order valence-electron chi connectivity index (χ4n) is 4.51. The van der Waals surface area contributed by atoms with Crippen LogP contribution < -0.4 is 10.2 Å². The lowest BCUT2D eigenvalue weighted by Crippen LogP contribution is -2.51. The molecule has 1 atom stereocenters. The summed E-state index contributed by atoms with van der Waals surface area (Å²) in [5.74, 6) is 1.06. The molecule has 2 heterocycles. The highest BCUT2D eigenvalue weighted by Crippen LogP contribution is 2.17. The van der Waals surface area contributed by atoms with Crippen LogP contribution in [0.1, 0.15) is 33.1 Å². The van der Waals surface area contributed by atoms with Gasteiger partial charge in [-0.25, -0.2) is 0 Å². The molecule has 0 bridgehead atoms. The number of piperazine rings is 1. The summed E-state index contributed by atoms with van der Waals surface area (Å²) in [4.78, 5) is 12.5. The van der Waals surface area contributed by atoms with E-state index in [4.69, 9.17) is 14.5 Å². The summed E-state index contributed by atoms with van der Waals surface area (Å²) in [5.41, 5.74) is 1.33. The molecule has 2 aliphatic rings. The number of guanidine groups is 1. The van der Waals surface area contributed by atoms with Crippen LogP contribution in [0.2, 0.25) is 0 Å². The SMILES string of the molecule is CCNC(=NCC(C)N1CCN(c2ccccc2)CC1)N1CCC(OCCCOC)CC1. The maximum absolute atomic E-state index is 6.01. The van der Waals surface area contributed by atoms with Crippen LogP contribution in [-0.2, 0) is 9.47 Å². The standard InChI is InChI=1S/C25H43N5O2/c1-4-26-25(30-13-11-24(12-14-30)32-20-8-19-31-3)27-21-22(2)28-15-17-29(18-16-28)23-9-6-5-7-10-23/h5-7,9-10,22,24H,4,8,11-21H2,1-3H3,(H,26,27). The van der Waals surface area contributed by atoms with Gasteiger partial charge in [-0.15, -0.1) is 0 Å². The Bertz CT molecular complexity index is 656. The maximum Gasteiger partial charge on any atom is 0.193 e. The van der Waals surface area contributed by atoms with Crippen molar-refractivity contribution in [3.05, 3.63) is 30.3 Å². The smallest absolute Gasteiger partial charge is 0.193 e. The van der Waals surface area contributed by atoms with E-state index in [1.807, 2.05) is 0 Å². The van der Waals surface area contributed by atoms with E-state index in [-0.39, 0.29) is 0 Å². The predicted molar refractivity (Wildman–Crippen MR) is 133 cm³/mol. The monoisotopic (exact) mass is 445 g/mol. The number of hydrogen-bond donors (Lipinski definition) is 1. The van der Waals surface area contributed by atoms with E-state index >= 15 is 0 Å². The number of aliphatic imine (C=N–C) groups is 1. The van der Waals surface area contributed by atoms with Gasteiger partial charge in [0.2, 0.25) is 0 Å². The Kier molecular flexibility index (Phi) is 10.6. The first-order valence-electron chi connectivity index (χ1n) is 12.4. The zero-order valence-corrected chi connectivity index (χ0v) is 20.3. The second-order valence-corrected chi connectivity index (χ2v) is 8.81. The Labute approximate surface area is 194 Å². The van der Waals surface area contributed by atoms with Crippen LogP contribution in [0.3, 0.4) is 0 Å². The number of nitrogens with one attached hydrogen (secondary N) is 1. The number of piperidine rings is 1. The molecular weight excluding hydrogens is 402 g/mol. The van der Waals surface area contributed by atoms with Crippen molar-refractivity contribution in [2.45, 2.75) is 45.3 Å². The number of ether oxygens (including phenoxy) is 2. The summed E-state index contributed by atoms with van der Waals surface area (Å²) in [7, 11) is 1.74. The van der Waals surface area contributed by atoms with Gasteiger partial charge in [-0.05, 0) is 45.2 Å². The number of para-hydroxylation sites is 1. The van der Waals surface area contributed by atoms with E-state index < -0.39 is 0 Å². The Morgan fingerprint density at radius 2 is 1.78 bits per heavy atom. The lowest BCUT2D eigenvalue weighted by Gasteiger charge is -2.39. The van der Waals surface area contributed by atoms with E-state index in [1.165, 1.54) is 5.69 Å². The van der Waals surface area contributed by atoms with Crippen molar-refractivity contribution in [2.75, 3.05) is 77.6 Å². The molecule has 2 aliphatic heterocycles. The minimum atomic E-state index is 0.366. The highest BCUT2D eigenvalue weighted by molar-refractivity contribution is 5.80. The third-order valence-corrected chi connectivity index (χ3v) is 6.49. The molecule has 3 rings (SSSR count). The van der Waals surface area contributed by atoms with Gasteiger partial charge in [0.15, 0.2) is 5.96 Å². The minimum absolute atomic E-state index is 0.366. The van der Waals surface area contributed by atoms with Crippen LogP contribution in [0, 0.1) is 0 Å². The molecule has 0 amide bonds. The maximum atomic E-state index is 6.01. The number of methoxy groups -OCH3 is 1. The third-order valence-electron chi connectivity index (χ3n) is 6.49. The van der Waals surface area contributed by atoms with E-state index in [1.54, 1.807) is 7.11 Å². The lowest BCUT2D eigenvalue weighted by molar-refractivity contribution is 0.00988. The Morgan fingerprint density at radius 3 is 2.44 bits per heavy atom. The van der Waals surface area contributed by atoms with E-state index in [2.05, 4.69) is 64.2 Å². The molecule has 0 radical (unpaired) electrons. The second kappa shape index (κ2) is 13.7. The fourth-order valence-corrected chi connectivity index (χ4v) is 4.51.